The lowest BCUT2D eigenvalue weighted by atomic mass is 10.1. The van der Waals surface area contributed by atoms with Gasteiger partial charge in [0.15, 0.2) is 0 Å². The second-order valence-corrected chi connectivity index (χ2v) is 7.65. The highest BCUT2D eigenvalue weighted by atomic mass is 79.9. The number of hydrogen-bond acceptors (Lipinski definition) is 5. The van der Waals surface area contributed by atoms with Gasteiger partial charge < -0.3 is 10.1 Å². The number of benzene rings is 1. The van der Waals surface area contributed by atoms with Crippen LogP contribution in [0.2, 0.25) is 0 Å². The summed E-state index contributed by atoms with van der Waals surface area (Å²) in [6.07, 6.45) is 0. The van der Waals surface area contributed by atoms with Gasteiger partial charge in [0.25, 0.3) is 0 Å². The van der Waals surface area contributed by atoms with E-state index in [0.29, 0.717) is 17.2 Å². The van der Waals surface area contributed by atoms with E-state index in [1.165, 1.54) is 11.8 Å². The van der Waals surface area contributed by atoms with Crippen molar-refractivity contribution < 1.29 is 9.53 Å². The smallest absolute Gasteiger partial charge is 0.234 e. The van der Waals surface area contributed by atoms with Crippen LogP contribution in [0.1, 0.15) is 27.9 Å². The first-order valence-electron chi connectivity index (χ1n) is 7.95. The Kier molecular flexibility index (Phi) is 7.21. The zero-order chi connectivity index (χ0) is 19.3. The molecule has 136 valence electrons. The summed E-state index contributed by atoms with van der Waals surface area (Å²) >= 11 is 4.74. The van der Waals surface area contributed by atoms with Gasteiger partial charge in [-0.2, -0.15) is 5.26 Å². The van der Waals surface area contributed by atoms with Crippen molar-refractivity contribution in [3.8, 4) is 6.07 Å². The quantitative estimate of drug-likeness (QED) is 0.677. The molecule has 0 fully saturated rings. The van der Waals surface area contributed by atoms with Crippen molar-refractivity contribution in [1.29, 1.82) is 5.26 Å². The number of pyridine rings is 1. The van der Waals surface area contributed by atoms with E-state index in [1.54, 1.807) is 7.11 Å². The number of methoxy groups -OCH3 is 1. The molecule has 26 heavy (non-hydrogen) atoms. The number of nitrogens with zero attached hydrogens (tertiary/aromatic N) is 2. The van der Waals surface area contributed by atoms with Crippen molar-refractivity contribution in [3.05, 3.63) is 50.6 Å². The lowest BCUT2D eigenvalue weighted by molar-refractivity contribution is -0.113. The number of hydrogen-bond donors (Lipinski definition) is 1. The number of thioether (sulfide) groups is 1. The summed E-state index contributed by atoms with van der Waals surface area (Å²) in [6, 6.07) is 7.79. The van der Waals surface area contributed by atoms with Gasteiger partial charge in [-0.25, -0.2) is 4.98 Å². The number of amides is 1. The molecule has 0 aliphatic rings. The van der Waals surface area contributed by atoms with Crippen LogP contribution in [0.4, 0.5) is 5.69 Å². The highest BCUT2D eigenvalue weighted by Crippen LogP contribution is 2.27. The van der Waals surface area contributed by atoms with Gasteiger partial charge in [0, 0.05) is 23.0 Å². The molecule has 1 heterocycles. The normalized spacial score (nSPS) is 10.5. The highest BCUT2D eigenvalue weighted by molar-refractivity contribution is 9.10. The summed E-state index contributed by atoms with van der Waals surface area (Å²) in [6.45, 7) is 6.16. The number of anilines is 1. The average Bonchev–Trinajstić information content (AvgIpc) is 2.60. The Hall–Kier alpha value is -1.88. The van der Waals surface area contributed by atoms with Crippen LogP contribution in [0.25, 0.3) is 0 Å². The molecule has 0 aliphatic heterocycles. The maximum absolute atomic E-state index is 12.4. The number of rotatable bonds is 6. The fourth-order valence-electron chi connectivity index (χ4n) is 2.45. The molecule has 5 nitrogen and oxygen atoms in total. The van der Waals surface area contributed by atoms with Gasteiger partial charge >= 0.3 is 0 Å². The summed E-state index contributed by atoms with van der Waals surface area (Å²) in [5.74, 6) is 0.0341. The fourth-order valence-corrected chi connectivity index (χ4v) is 3.75. The first kappa shape index (κ1) is 20.4. The number of carbonyl (C=O) groups is 1. The third-order valence-corrected chi connectivity index (χ3v) is 5.78. The maximum atomic E-state index is 12.4. The fraction of sp³-hybridized carbons (Fsp3) is 0.316. The number of aromatic nitrogens is 1. The lowest BCUT2D eigenvalue weighted by Crippen LogP contribution is -2.15. The summed E-state index contributed by atoms with van der Waals surface area (Å²) in [7, 11) is 1.58. The Morgan fingerprint density at radius 2 is 2.08 bits per heavy atom. The van der Waals surface area contributed by atoms with Crippen molar-refractivity contribution in [2.45, 2.75) is 32.4 Å². The lowest BCUT2D eigenvalue weighted by Gasteiger charge is -2.12. The SMILES string of the molecule is COCc1cc(C)nc(SCC(=O)Nc2ccc(Br)c(C)c2C)c1C#N. The minimum Gasteiger partial charge on any atom is -0.380 e. The molecular weight excluding hydrogens is 414 g/mol. The minimum absolute atomic E-state index is 0.139. The average molecular weight is 434 g/mol. The summed E-state index contributed by atoms with van der Waals surface area (Å²) < 4.78 is 6.16. The van der Waals surface area contributed by atoms with Crippen LogP contribution in [-0.2, 0) is 16.1 Å². The molecule has 0 atom stereocenters. The first-order valence-corrected chi connectivity index (χ1v) is 9.73. The Balaban J connectivity index is 2.13. The van der Waals surface area contributed by atoms with E-state index in [0.717, 1.165) is 32.5 Å². The summed E-state index contributed by atoms with van der Waals surface area (Å²) in [4.78, 5) is 16.8. The third-order valence-electron chi connectivity index (χ3n) is 3.94. The molecule has 1 aromatic carbocycles. The molecule has 1 amide bonds. The van der Waals surface area contributed by atoms with Gasteiger partial charge in [0.2, 0.25) is 5.91 Å². The number of nitriles is 1. The second-order valence-electron chi connectivity index (χ2n) is 5.83. The largest absolute Gasteiger partial charge is 0.380 e. The number of nitrogens with one attached hydrogen (secondary N) is 1. The standard InChI is InChI=1S/C19H20BrN3O2S/c1-11-7-14(9-25-4)15(8-21)19(22-11)26-10-18(24)23-17-6-5-16(20)12(2)13(17)3/h5-7H,9-10H2,1-4H3,(H,23,24). The molecule has 2 aromatic rings. The summed E-state index contributed by atoms with van der Waals surface area (Å²) in [5, 5.41) is 12.9. The number of halogens is 1. The first-order chi connectivity index (χ1) is 12.4. The van der Waals surface area contributed by atoms with Crippen molar-refractivity contribution in [2.24, 2.45) is 0 Å². The van der Waals surface area contributed by atoms with Crippen LogP contribution in [-0.4, -0.2) is 23.8 Å². The minimum atomic E-state index is -0.139. The van der Waals surface area contributed by atoms with Crippen LogP contribution in [0, 0.1) is 32.1 Å². The van der Waals surface area contributed by atoms with Gasteiger partial charge in [-0.1, -0.05) is 27.7 Å². The molecule has 0 saturated carbocycles. The predicted molar refractivity (Wildman–Crippen MR) is 107 cm³/mol. The maximum Gasteiger partial charge on any atom is 0.234 e. The van der Waals surface area contributed by atoms with Gasteiger partial charge in [-0.3, -0.25) is 4.79 Å². The molecule has 0 saturated heterocycles. The van der Waals surface area contributed by atoms with E-state index in [4.69, 9.17) is 4.74 Å². The molecule has 0 unspecified atom stereocenters. The number of carbonyl (C=O) groups excluding carboxylic acids is 1. The van der Waals surface area contributed by atoms with E-state index in [9.17, 15) is 10.1 Å². The van der Waals surface area contributed by atoms with Crippen LogP contribution in [0.15, 0.2) is 27.7 Å². The molecular formula is C19H20BrN3O2S. The van der Waals surface area contributed by atoms with E-state index in [1.807, 2.05) is 39.0 Å². The highest BCUT2D eigenvalue weighted by Gasteiger charge is 2.14. The van der Waals surface area contributed by atoms with Crippen LogP contribution < -0.4 is 5.32 Å². The van der Waals surface area contributed by atoms with Crippen LogP contribution >= 0.6 is 27.7 Å². The molecule has 0 bridgehead atoms. The molecule has 1 N–H and O–H groups in total. The predicted octanol–water partition coefficient (Wildman–Crippen LogP) is 4.52. The van der Waals surface area contributed by atoms with Crippen LogP contribution in [0.3, 0.4) is 0 Å². The third kappa shape index (κ3) is 4.85. The molecule has 2 rings (SSSR count). The Labute approximate surface area is 166 Å². The van der Waals surface area contributed by atoms with Crippen molar-refractivity contribution >= 4 is 39.3 Å². The molecule has 0 aliphatic carbocycles. The Morgan fingerprint density at radius 1 is 1.35 bits per heavy atom. The summed E-state index contributed by atoms with van der Waals surface area (Å²) in [5.41, 5.74) is 4.93. The van der Waals surface area contributed by atoms with Crippen molar-refractivity contribution in [1.82, 2.24) is 4.98 Å². The Morgan fingerprint density at radius 3 is 2.73 bits per heavy atom. The van der Waals surface area contributed by atoms with Crippen LogP contribution in [0.5, 0.6) is 0 Å². The zero-order valence-corrected chi connectivity index (χ0v) is 17.5. The van der Waals surface area contributed by atoms with Gasteiger partial charge in [0.1, 0.15) is 11.1 Å². The van der Waals surface area contributed by atoms with Gasteiger partial charge in [-0.05, 0) is 55.7 Å². The monoisotopic (exact) mass is 433 g/mol. The zero-order valence-electron chi connectivity index (χ0n) is 15.1. The van der Waals surface area contributed by atoms with E-state index >= 15 is 0 Å². The van der Waals surface area contributed by atoms with E-state index in [-0.39, 0.29) is 11.7 Å². The van der Waals surface area contributed by atoms with Crippen molar-refractivity contribution in [3.63, 3.8) is 0 Å². The topological polar surface area (TPSA) is 75.0 Å². The molecule has 0 radical (unpaired) electrons. The second kappa shape index (κ2) is 9.17. The Bertz CT molecular complexity index is 878. The van der Waals surface area contributed by atoms with Crippen molar-refractivity contribution in [2.75, 3.05) is 18.2 Å². The van der Waals surface area contributed by atoms with Gasteiger partial charge in [-0.15, -0.1) is 0 Å². The number of ether oxygens (including phenoxy) is 1. The number of aryl methyl sites for hydroxylation is 1. The van der Waals surface area contributed by atoms with E-state index < -0.39 is 0 Å². The molecule has 0 spiro atoms. The molecule has 1 aromatic heterocycles. The molecule has 7 heteroatoms. The van der Waals surface area contributed by atoms with E-state index in [2.05, 4.69) is 32.3 Å². The van der Waals surface area contributed by atoms with Gasteiger partial charge in [0.05, 0.1) is 17.9 Å².